The Hall–Kier alpha value is -0.740. The molecule has 0 amide bonds. The van der Waals surface area contributed by atoms with Crippen molar-refractivity contribution in [2.24, 2.45) is 0 Å². The summed E-state index contributed by atoms with van der Waals surface area (Å²) >= 11 is 15.5. The molecule has 2 nitrogen and oxygen atoms in total. The highest BCUT2D eigenvalue weighted by molar-refractivity contribution is 9.10. The third kappa shape index (κ3) is 4.13. The number of halogens is 3. The van der Waals surface area contributed by atoms with E-state index in [0.717, 1.165) is 23.3 Å². The van der Waals surface area contributed by atoms with Crippen molar-refractivity contribution < 1.29 is 4.74 Å². The van der Waals surface area contributed by atoms with E-state index >= 15 is 0 Å². The number of benzene rings is 2. The Morgan fingerprint density at radius 1 is 1.10 bits per heavy atom. The first-order chi connectivity index (χ1) is 9.60. The number of ether oxygens (including phenoxy) is 1. The summed E-state index contributed by atoms with van der Waals surface area (Å²) in [7, 11) is 0. The molecule has 0 saturated carbocycles. The molecule has 0 heterocycles. The molecular weight excluding hydrogens is 361 g/mol. The van der Waals surface area contributed by atoms with E-state index in [1.165, 1.54) is 5.56 Å². The van der Waals surface area contributed by atoms with E-state index in [4.69, 9.17) is 27.9 Å². The highest BCUT2D eigenvalue weighted by Crippen LogP contribution is 2.36. The molecule has 20 heavy (non-hydrogen) atoms. The molecule has 5 heteroatoms. The molecule has 0 atom stereocenters. The van der Waals surface area contributed by atoms with Gasteiger partial charge in [0.05, 0.1) is 10.0 Å². The van der Waals surface area contributed by atoms with Gasteiger partial charge in [0.25, 0.3) is 0 Å². The highest BCUT2D eigenvalue weighted by atomic mass is 79.9. The molecule has 2 aromatic rings. The van der Waals surface area contributed by atoms with Gasteiger partial charge in [-0.05, 0) is 46.2 Å². The van der Waals surface area contributed by atoms with Crippen molar-refractivity contribution in [1.29, 1.82) is 0 Å². The Kier molecular flexibility index (Phi) is 5.73. The molecule has 0 aromatic heterocycles. The van der Waals surface area contributed by atoms with Crippen LogP contribution in [0.15, 0.2) is 40.9 Å². The maximum Gasteiger partial charge on any atom is 0.147 e. The Morgan fingerprint density at radius 3 is 2.45 bits per heavy atom. The first kappa shape index (κ1) is 15.6. The second kappa shape index (κ2) is 7.32. The molecule has 106 valence electrons. The second-order valence-corrected chi connectivity index (χ2v) is 5.89. The van der Waals surface area contributed by atoms with Crippen molar-refractivity contribution in [3.05, 3.63) is 56.5 Å². The number of nitrogens with one attached hydrogen (secondary N) is 1. The Morgan fingerprint density at radius 2 is 1.80 bits per heavy atom. The molecule has 0 fully saturated rings. The van der Waals surface area contributed by atoms with Crippen LogP contribution in [0.2, 0.25) is 10.0 Å². The van der Waals surface area contributed by atoms with Gasteiger partial charge in [0.15, 0.2) is 0 Å². The summed E-state index contributed by atoms with van der Waals surface area (Å²) in [6.07, 6.45) is 0. The lowest BCUT2D eigenvalue weighted by Gasteiger charge is -2.10. The van der Waals surface area contributed by atoms with Gasteiger partial charge in [-0.15, -0.1) is 0 Å². The third-order valence-corrected chi connectivity index (χ3v) is 4.20. The average molecular weight is 375 g/mol. The molecule has 0 bridgehead atoms. The normalized spacial score (nSPS) is 10.6. The average Bonchev–Trinajstić information content (AvgIpc) is 2.44. The molecule has 0 spiro atoms. The zero-order valence-corrected chi connectivity index (χ0v) is 14.0. The van der Waals surface area contributed by atoms with E-state index in [1.54, 1.807) is 12.1 Å². The quantitative estimate of drug-likeness (QED) is 0.682. The molecule has 0 aliphatic heterocycles. The van der Waals surface area contributed by atoms with Crippen molar-refractivity contribution >= 4 is 39.1 Å². The van der Waals surface area contributed by atoms with Gasteiger partial charge in [-0.2, -0.15) is 0 Å². The van der Waals surface area contributed by atoms with Gasteiger partial charge in [-0.3, -0.25) is 0 Å². The van der Waals surface area contributed by atoms with Gasteiger partial charge in [0, 0.05) is 17.1 Å². The fourth-order valence-corrected chi connectivity index (χ4v) is 2.49. The van der Waals surface area contributed by atoms with Crippen molar-refractivity contribution in [3.8, 4) is 11.5 Å². The van der Waals surface area contributed by atoms with Gasteiger partial charge >= 0.3 is 0 Å². The van der Waals surface area contributed by atoms with E-state index in [1.807, 2.05) is 24.3 Å². The lowest BCUT2D eigenvalue weighted by Crippen LogP contribution is -2.11. The second-order valence-electron chi connectivity index (χ2n) is 4.22. The fourth-order valence-electron chi connectivity index (χ4n) is 1.65. The third-order valence-electron chi connectivity index (χ3n) is 2.71. The van der Waals surface area contributed by atoms with Crippen LogP contribution in [0.4, 0.5) is 0 Å². The van der Waals surface area contributed by atoms with Crippen LogP contribution in [-0.4, -0.2) is 6.54 Å². The Balaban J connectivity index is 2.12. The molecular formula is C15H14BrCl2NO. The summed E-state index contributed by atoms with van der Waals surface area (Å²) < 4.78 is 6.49. The van der Waals surface area contributed by atoms with Crippen molar-refractivity contribution in [2.75, 3.05) is 6.54 Å². The molecule has 2 rings (SSSR count). The van der Waals surface area contributed by atoms with E-state index in [9.17, 15) is 0 Å². The molecule has 0 aliphatic rings. The fraction of sp³-hybridized carbons (Fsp3) is 0.200. The molecule has 0 radical (unpaired) electrons. The summed E-state index contributed by atoms with van der Waals surface area (Å²) in [5.41, 5.74) is 1.21. The van der Waals surface area contributed by atoms with Crippen LogP contribution in [0.3, 0.4) is 0 Å². The summed E-state index contributed by atoms with van der Waals surface area (Å²) in [5.74, 6) is 1.27. The smallest absolute Gasteiger partial charge is 0.147 e. The Bertz CT molecular complexity index is 587. The van der Waals surface area contributed by atoms with E-state index < -0.39 is 0 Å². The minimum Gasteiger partial charge on any atom is -0.456 e. The van der Waals surface area contributed by atoms with E-state index in [2.05, 4.69) is 28.2 Å². The first-order valence-corrected chi connectivity index (χ1v) is 7.77. The zero-order valence-electron chi connectivity index (χ0n) is 10.9. The van der Waals surface area contributed by atoms with Crippen LogP contribution >= 0.6 is 39.1 Å². The van der Waals surface area contributed by atoms with Crippen LogP contribution in [0.25, 0.3) is 0 Å². The van der Waals surface area contributed by atoms with E-state index in [-0.39, 0.29) is 0 Å². The predicted octanol–water partition coefficient (Wildman–Crippen LogP) is 5.66. The van der Waals surface area contributed by atoms with Crippen LogP contribution in [0.1, 0.15) is 12.5 Å². The Labute approximate surface area is 137 Å². The van der Waals surface area contributed by atoms with Crippen molar-refractivity contribution in [3.63, 3.8) is 0 Å². The van der Waals surface area contributed by atoms with Crippen molar-refractivity contribution in [2.45, 2.75) is 13.5 Å². The minimum atomic E-state index is 0.512. The van der Waals surface area contributed by atoms with Gasteiger partial charge < -0.3 is 10.1 Å². The lowest BCUT2D eigenvalue weighted by molar-refractivity contribution is 0.482. The van der Waals surface area contributed by atoms with Crippen LogP contribution < -0.4 is 10.1 Å². The van der Waals surface area contributed by atoms with Crippen LogP contribution in [0, 0.1) is 0 Å². The topological polar surface area (TPSA) is 21.3 Å². The maximum atomic E-state index is 6.13. The largest absolute Gasteiger partial charge is 0.456 e. The highest BCUT2D eigenvalue weighted by Gasteiger charge is 2.08. The number of rotatable bonds is 5. The minimum absolute atomic E-state index is 0.512. The molecule has 0 saturated heterocycles. The molecule has 1 N–H and O–H groups in total. The molecule has 2 aromatic carbocycles. The van der Waals surface area contributed by atoms with Crippen molar-refractivity contribution in [1.82, 2.24) is 5.32 Å². The van der Waals surface area contributed by atoms with Crippen LogP contribution in [-0.2, 0) is 6.54 Å². The predicted molar refractivity (Wildman–Crippen MR) is 88.1 cm³/mol. The van der Waals surface area contributed by atoms with Gasteiger partial charge in [0.2, 0.25) is 0 Å². The molecule has 0 aliphatic carbocycles. The summed E-state index contributed by atoms with van der Waals surface area (Å²) in [6, 6.07) is 11.3. The lowest BCUT2D eigenvalue weighted by atomic mass is 10.2. The summed E-state index contributed by atoms with van der Waals surface area (Å²) in [5, 5.41) is 4.35. The first-order valence-electron chi connectivity index (χ1n) is 6.22. The summed E-state index contributed by atoms with van der Waals surface area (Å²) in [6.45, 7) is 3.88. The van der Waals surface area contributed by atoms with Gasteiger partial charge in [-0.25, -0.2) is 0 Å². The maximum absolute atomic E-state index is 6.13. The number of hydrogen-bond donors (Lipinski definition) is 1. The monoisotopic (exact) mass is 373 g/mol. The zero-order chi connectivity index (χ0) is 14.5. The SMILES string of the molecule is CCNCc1ccc(Oc2cc(Cl)c(Br)cc2Cl)cc1. The van der Waals surface area contributed by atoms with Crippen LogP contribution in [0.5, 0.6) is 11.5 Å². The van der Waals surface area contributed by atoms with Gasteiger partial charge in [0.1, 0.15) is 11.5 Å². The number of hydrogen-bond acceptors (Lipinski definition) is 2. The van der Waals surface area contributed by atoms with E-state index in [0.29, 0.717) is 15.8 Å². The summed E-state index contributed by atoms with van der Waals surface area (Å²) in [4.78, 5) is 0. The van der Waals surface area contributed by atoms with Gasteiger partial charge in [-0.1, -0.05) is 42.3 Å². The standard InChI is InChI=1S/C15H14BrCl2NO/c1-2-19-9-10-3-5-11(6-4-10)20-15-8-13(17)12(16)7-14(15)18/h3-8,19H,2,9H2,1H3. The molecule has 0 unspecified atom stereocenters.